The fourth-order valence-electron chi connectivity index (χ4n) is 2.02. The molecule has 0 aliphatic heterocycles. The summed E-state index contributed by atoms with van der Waals surface area (Å²) in [6.45, 7) is 5.81. The van der Waals surface area contributed by atoms with Gasteiger partial charge in [-0.05, 0) is 79.3 Å². The monoisotopic (exact) mass is 422 g/mol. The molecule has 5 heteroatoms. The van der Waals surface area contributed by atoms with E-state index in [1.165, 1.54) is 0 Å². The zero-order valence-electron chi connectivity index (χ0n) is 13.3. The van der Waals surface area contributed by atoms with Crippen molar-refractivity contribution in [2.24, 2.45) is 0 Å². The number of carbonyl (C=O) groups is 2. The number of anilines is 1. The van der Waals surface area contributed by atoms with Crippen LogP contribution in [-0.4, -0.2) is 17.9 Å². The Morgan fingerprint density at radius 1 is 1.00 bits per heavy atom. The topological polar surface area (TPSA) is 58.2 Å². The molecule has 0 aromatic heterocycles. The quantitative estimate of drug-likeness (QED) is 0.733. The minimum Gasteiger partial charge on any atom is -0.350 e. The van der Waals surface area contributed by atoms with Gasteiger partial charge in [0.15, 0.2) is 0 Å². The van der Waals surface area contributed by atoms with Crippen molar-refractivity contribution in [3.8, 4) is 0 Å². The molecule has 120 valence electrons. The van der Waals surface area contributed by atoms with E-state index >= 15 is 0 Å². The van der Waals surface area contributed by atoms with Crippen LogP contribution in [0.3, 0.4) is 0 Å². The first kappa shape index (κ1) is 17.5. The molecule has 2 N–H and O–H groups in total. The number of halogens is 1. The lowest BCUT2D eigenvalue weighted by Gasteiger charge is -2.10. The summed E-state index contributed by atoms with van der Waals surface area (Å²) in [6, 6.07) is 12.5. The first-order valence-electron chi connectivity index (χ1n) is 7.35. The fraction of sp³-hybridized carbons (Fsp3) is 0.222. The van der Waals surface area contributed by atoms with Gasteiger partial charge in [0, 0.05) is 26.4 Å². The molecule has 2 aromatic carbocycles. The summed E-state index contributed by atoms with van der Waals surface area (Å²) < 4.78 is 1.04. The lowest BCUT2D eigenvalue weighted by atomic mass is 10.1. The van der Waals surface area contributed by atoms with E-state index in [1.807, 2.05) is 32.9 Å². The van der Waals surface area contributed by atoms with Crippen LogP contribution >= 0.6 is 22.6 Å². The summed E-state index contributed by atoms with van der Waals surface area (Å²) >= 11 is 2.21. The van der Waals surface area contributed by atoms with Crippen LogP contribution in [0.5, 0.6) is 0 Å². The second-order valence-electron chi connectivity index (χ2n) is 5.63. The fourth-order valence-corrected chi connectivity index (χ4v) is 2.54. The van der Waals surface area contributed by atoms with Gasteiger partial charge in [-0.2, -0.15) is 0 Å². The van der Waals surface area contributed by atoms with Gasteiger partial charge in [-0.1, -0.05) is 12.1 Å². The number of amides is 2. The molecule has 0 radical (unpaired) electrons. The highest BCUT2D eigenvalue weighted by Gasteiger charge is 2.10. The highest BCUT2D eigenvalue weighted by atomic mass is 127. The maximum atomic E-state index is 12.3. The third-order valence-corrected chi connectivity index (χ3v) is 4.40. The van der Waals surface area contributed by atoms with Gasteiger partial charge in [-0.25, -0.2) is 0 Å². The van der Waals surface area contributed by atoms with Gasteiger partial charge < -0.3 is 10.6 Å². The molecule has 0 unspecified atom stereocenters. The van der Waals surface area contributed by atoms with E-state index in [0.29, 0.717) is 16.8 Å². The highest BCUT2D eigenvalue weighted by molar-refractivity contribution is 14.1. The van der Waals surface area contributed by atoms with Gasteiger partial charge in [-0.3, -0.25) is 9.59 Å². The van der Waals surface area contributed by atoms with Crippen LogP contribution in [0.25, 0.3) is 0 Å². The molecule has 0 saturated carbocycles. The Morgan fingerprint density at radius 2 is 1.70 bits per heavy atom. The number of rotatable bonds is 4. The number of hydrogen-bond acceptors (Lipinski definition) is 2. The maximum Gasteiger partial charge on any atom is 0.255 e. The Kier molecular flexibility index (Phi) is 5.76. The first-order chi connectivity index (χ1) is 10.9. The van der Waals surface area contributed by atoms with Crippen LogP contribution < -0.4 is 10.6 Å². The first-order valence-corrected chi connectivity index (χ1v) is 8.43. The summed E-state index contributed by atoms with van der Waals surface area (Å²) in [5, 5.41) is 5.66. The molecule has 0 heterocycles. The van der Waals surface area contributed by atoms with Crippen molar-refractivity contribution < 1.29 is 9.59 Å². The number of carbonyl (C=O) groups excluding carboxylic acids is 2. The molecule has 2 rings (SSSR count). The normalized spacial score (nSPS) is 10.5. The number of aryl methyl sites for hydroxylation is 1. The summed E-state index contributed by atoms with van der Waals surface area (Å²) in [4.78, 5) is 24.3. The van der Waals surface area contributed by atoms with E-state index in [1.54, 1.807) is 30.3 Å². The summed E-state index contributed by atoms with van der Waals surface area (Å²) in [6.07, 6.45) is 0. The van der Waals surface area contributed by atoms with Gasteiger partial charge in [0.25, 0.3) is 11.8 Å². The molecule has 23 heavy (non-hydrogen) atoms. The second-order valence-corrected chi connectivity index (χ2v) is 6.79. The third kappa shape index (κ3) is 4.79. The molecule has 0 aliphatic rings. The predicted octanol–water partition coefficient (Wildman–Crippen LogP) is 3.99. The number of hydrogen-bond donors (Lipinski definition) is 2. The Morgan fingerprint density at radius 3 is 2.35 bits per heavy atom. The Hall–Kier alpha value is -1.89. The molecule has 0 atom stereocenters. The van der Waals surface area contributed by atoms with E-state index in [2.05, 4.69) is 33.2 Å². The molecule has 0 spiro atoms. The summed E-state index contributed by atoms with van der Waals surface area (Å²) in [7, 11) is 0. The Labute approximate surface area is 149 Å². The minimum absolute atomic E-state index is 0.0652. The van der Waals surface area contributed by atoms with Crippen molar-refractivity contribution in [3.63, 3.8) is 0 Å². The molecule has 0 saturated heterocycles. The number of nitrogens with one attached hydrogen (secondary N) is 2. The minimum atomic E-state index is -0.190. The van der Waals surface area contributed by atoms with Gasteiger partial charge in [0.1, 0.15) is 0 Å². The molecule has 2 amide bonds. The van der Waals surface area contributed by atoms with Crippen LogP contribution in [0.15, 0.2) is 42.5 Å². The van der Waals surface area contributed by atoms with E-state index in [-0.39, 0.29) is 17.9 Å². The molecule has 0 bridgehead atoms. The van der Waals surface area contributed by atoms with E-state index in [9.17, 15) is 9.59 Å². The Balaban J connectivity index is 2.15. The van der Waals surface area contributed by atoms with Crippen molar-refractivity contribution in [2.45, 2.75) is 26.8 Å². The van der Waals surface area contributed by atoms with Crippen molar-refractivity contribution in [2.75, 3.05) is 5.32 Å². The van der Waals surface area contributed by atoms with Crippen molar-refractivity contribution >= 4 is 40.1 Å². The average Bonchev–Trinajstić information content (AvgIpc) is 2.49. The van der Waals surface area contributed by atoms with E-state index < -0.39 is 0 Å². The maximum absolute atomic E-state index is 12.3. The van der Waals surface area contributed by atoms with Crippen LogP contribution in [-0.2, 0) is 0 Å². The largest absolute Gasteiger partial charge is 0.350 e. The molecule has 0 fully saturated rings. The lowest BCUT2D eigenvalue weighted by Crippen LogP contribution is -2.30. The molecule has 0 aliphatic carbocycles. The number of benzene rings is 2. The second kappa shape index (κ2) is 7.59. The Bertz CT molecular complexity index is 742. The average molecular weight is 422 g/mol. The smallest absolute Gasteiger partial charge is 0.255 e. The predicted molar refractivity (Wildman–Crippen MR) is 101 cm³/mol. The van der Waals surface area contributed by atoms with Gasteiger partial charge in [-0.15, -0.1) is 0 Å². The van der Waals surface area contributed by atoms with Crippen LogP contribution in [0.4, 0.5) is 5.69 Å². The van der Waals surface area contributed by atoms with Gasteiger partial charge >= 0.3 is 0 Å². The SMILES string of the molecule is Cc1ccc(C(=O)Nc2cccc(C(=O)NC(C)C)c2)cc1I. The van der Waals surface area contributed by atoms with Gasteiger partial charge in [0.2, 0.25) is 0 Å². The van der Waals surface area contributed by atoms with Gasteiger partial charge in [0.05, 0.1) is 0 Å². The summed E-state index contributed by atoms with van der Waals surface area (Å²) in [5.41, 5.74) is 2.85. The molecular weight excluding hydrogens is 403 g/mol. The lowest BCUT2D eigenvalue weighted by molar-refractivity contribution is 0.0941. The van der Waals surface area contributed by atoms with Crippen LogP contribution in [0, 0.1) is 10.5 Å². The van der Waals surface area contributed by atoms with Crippen LogP contribution in [0.1, 0.15) is 40.1 Å². The summed E-state index contributed by atoms with van der Waals surface area (Å²) in [5.74, 6) is -0.342. The van der Waals surface area contributed by atoms with Crippen molar-refractivity contribution in [1.82, 2.24) is 5.32 Å². The molecular formula is C18H19IN2O2. The zero-order chi connectivity index (χ0) is 17.0. The zero-order valence-corrected chi connectivity index (χ0v) is 15.5. The molecule has 2 aromatic rings. The van der Waals surface area contributed by atoms with E-state index in [4.69, 9.17) is 0 Å². The van der Waals surface area contributed by atoms with Crippen molar-refractivity contribution in [1.29, 1.82) is 0 Å². The standard InChI is InChI=1S/C18H19IN2O2/c1-11(2)20-17(22)13-5-4-6-15(9-13)21-18(23)14-8-7-12(3)16(19)10-14/h4-11H,1-3H3,(H,20,22)(H,21,23). The third-order valence-electron chi connectivity index (χ3n) is 3.24. The van der Waals surface area contributed by atoms with Crippen LogP contribution in [0.2, 0.25) is 0 Å². The van der Waals surface area contributed by atoms with E-state index in [0.717, 1.165) is 9.13 Å². The van der Waals surface area contributed by atoms with Crippen molar-refractivity contribution in [3.05, 3.63) is 62.7 Å². The molecule has 4 nitrogen and oxygen atoms in total. The highest BCUT2D eigenvalue weighted by Crippen LogP contribution is 2.16.